The molecule has 0 unspecified atom stereocenters. The molecule has 84 valence electrons. The van der Waals surface area contributed by atoms with Gasteiger partial charge in [-0.3, -0.25) is 9.59 Å². The number of hydrogen-bond donors (Lipinski definition) is 2. The highest BCUT2D eigenvalue weighted by molar-refractivity contribution is 7.07. The van der Waals surface area contributed by atoms with Gasteiger partial charge in [0.05, 0.1) is 17.3 Å². The number of aromatic nitrogens is 1. The molecule has 0 spiro atoms. The van der Waals surface area contributed by atoms with E-state index in [1.165, 1.54) is 11.3 Å². The zero-order valence-electron chi connectivity index (χ0n) is 8.40. The molecule has 0 radical (unpaired) electrons. The predicted octanol–water partition coefficient (Wildman–Crippen LogP) is -0.558. The van der Waals surface area contributed by atoms with Crippen molar-refractivity contribution in [3.8, 4) is 6.07 Å². The molecule has 0 aliphatic heterocycles. The minimum atomic E-state index is -0.792. The lowest BCUT2D eigenvalue weighted by Gasteiger charge is -2.02. The van der Waals surface area contributed by atoms with Gasteiger partial charge in [-0.05, 0) is 0 Å². The van der Waals surface area contributed by atoms with Crippen molar-refractivity contribution in [1.29, 1.82) is 5.26 Å². The number of carbonyl (C=O) groups is 2. The van der Waals surface area contributed by atoms with E-state index in [-0.39, 0.29) is 6.54 Å². The molecule has 0 aliphatic rings. The third kappa shape index (κ3) is 4.06. The van der Waals surface area contributed by atoms with Crippen LogP contribution in [0.15, 0.2) is 10.9 Å². The van der Waals surface area contributed by atoms with E-state index in [9.17, 15) is 9.59 Å². The van der Waals surface area contributed by atoms with Gasteiger partial charge in [-0.1, -0.05) is 0 Å². The number of nitrogens with one attached hydrogen (secondary N) is 2. The first kappa shape index (κ1) is 12.1. The Bertz CT molecular complexity index is 396. The van der Waals surface area contributed by atoms with Crippen LogP contribution in [0.1, 0.15) is 5.69 Å². The van der Waals surface area contributed by atoms with Crippen molar-refractivity contribution >= 4 is 23.2 Å². The summed E-state index contributed by atoms with van der Waals surface area (Å²) in [7, 11) is 0. The summed E-state index contributed by atoms with van der Waals surface area (Å²) in [6.07, 6.45) is 0.584. The highest BCUT2D eigenvalue weighted by atomic mass is 32.1. The zero-order chi connectivity index (χ0) is 11.8. The molecule has 0 bridgehead atoms. The number of hydrogen-bond acceptors (Lipinski definition) is 5. The summed E-state index contributed by atoms with van der Waals surface area (Å²) >= 11 is 1.48. The summed E-state index contributed by atoms with van der Waals surface area (Å²) in [5, 5.41) is 14.7. The van der Waals surface area contributed by atoms with Crippen molar-refractivity contribution in [3.63, 3.8) is 0 Å². The van der Waals surface area contributed by atoms with Gasteiger partial charge in [-0.15, -0.1) is 11.3 Å². The number of rotatable bonds is 4. The second-order valence-corrected chi connectivity index (χ2v) is 3.55. The van der Waals surface area contributed by atoms with Gasteiger partial charge in [-0.25, -0.2) is 4.98 Å². The highest BCUT2D eigenvalue weighted by Gasteiger charge is 2.11. The number of thiazole rings is 1. The largest absolute Gasteiger partial charge is 0.347 e. The summed E-state index contributed by atoms with van der Waals surface area (Å²) in [4.78, 5) is 26.2. The van der Waals surface area contributed by atoms with Crippen LogP contribution in [0.5, 0.6) is 0 Å². The molecule has 1 rings (SSSR count). The number of carbonyl (C=O) groups excluding carboxylic acids is 2. The van der Waals surface area contributed by atoms with Crippen LogP contribution < -0.4 is 10.6 Å². The summed E-state index contributed by atoms with van der Waals surface area (Å²) in [6.45, 7) is 0.181. The maximum Gasteiger partial charge on any atom is 0.310 e. The number of nitrogens with zero attached hydrogens (tertiary/aromatic N) is 2. The lowest BCUT2D eigenvalue weighted by Crippen LogP contribution is -2.40. The molecule has 0 saturated carbocycles. The Hall–Kier alpha value is -1.94. The summed E-state index contributed by atoms with van der Waals surface area (Å²) < 4.78 is 0. The molecule has 0 aromatic carbocycles. The minimum Gasteiger partial charge on any atom is -0.347 e. The average molecular weight is 238 g/mol. The monoisotopic (exact) mass is 238 g/mol. The van der Waals surface area contributed by atoms with Crippen molar-refractivity contribution in [2.24, 2.45) is 0 Å². The van der Waals surface area contributed by atoms with E-state index in [1.807, 2.05) is 5.38 Å². The van der Waals surface area contributed by atoms with Gasteiger partial charge in [0.25, 0.3) is 0 Å². The minimum absolute atomic E-state index is 0.168. The van der Waals surface area contributed by atoms with Gasteiger partial charge in [0.2, 0.25) is 0 Å². The second kappa shape index (κ2) is 6.53. The smallest absolute Gasteiger partial charge is 0.310 e. The van der Waals surface area contributed by atoms with E-state index in [0.29, 0.717) is 13.0 Å². The lowest BCUT2D eigenvalue weighted by molar-refractivity contribution is -0.139. The zero-order valence-corrected chi connectivity index (χ0v) is 9.21. The van der Waals surface area contributed by atoms with E-state index in [2.05, 4.69) is 15.6 Å². The first-order valence-electron chi connectivity index (χ1n) is 4.54. The van der Waals surface area contributed by atoms with Gasteiger partial charge >= 0.3 is 11.8 Å². The molecule has 0 atom stereocenters. The average Bonchev–Trinajstić information content (AvgIpc) is 2.78. The van der Waals surface area contributed by atoms with Crippen LogP contribution in [0, 0.1) is 11.3 Å². The normalized spacial score (nSPS) is 9.19. The van der Waals surface area contributed by atoms with Crippen molar-refractivity contribution in [2.75, 3.05) is 13.1 Å². The standard InChI is InChI=1S/C9H10N4O2S/c10-2-4-12-9(15)8(14)11-3-1-7-5-16-6-13-7/h5-6H,1,3-4H2,(H,11,14)(H,12,15). The van der Waals surface area contributed by atoms with Crippen molar-refractivity contribution in [1.82, 2.24) is 15.6 Å². The van der Waals surface area contributed by atoms with Crippen molar-refractivity contribution in [3.05, 3.63) is 16.6 Å². The van der Waals surface area contributed by atoms with Crippen LogP contribution in [-0.2, 0) is 16.0 Å². The van der Waals surface area contributed by atoms with E-state index >= 15 is 0 Å². The summed E-state index contributed by atoms with van der Waals surface area (Å²) in [6, 6.07) is 1.71. The molecule has 1 aromatic heterocycles. The molecular formula is C9H10N4O2S. The molecule has 0 aliphatic carbocycles. The summed E-state index contributed by atoms with van der Waals surface area (Å²) in [5.74, 6) is -1.52. The molecule has 7 heteroatoms. The highest BCUT2D eigenvalue weighted by Crippen LogP contribution is 2.00. The van der Waals surface area contributed by atoms with Crippen LogP contribution in [0.25, 0.3) is 0 Å². The van der Waals surface area contributed by atoms with Crippen molar-refractivity contribution < 1.29 is 9.59 Å². The van der Waals surface area contributed by atoms with E-state index in [0.717, 1.165) is 5.69 Å². The first-order chi connectivity index (χ1) is 7.74. The van der Waals surface area contributed by atoms with Crippen LogP contribution in [0.3, 0.4) is 0 Å². The van der Waals surface area contributed by atoms with Gasteiger partial charge < -0.3 is 10.6 Å². The van der Waals surface area contributed by atoms with E-state index in [1.54, 1.807) is 11.6 Å². The van der Waals surface area contributed by atoms with Crippen LogP contribution >= 0.6 is 11.3 Å². The maximum atomic E-state index is 11.1. The van der Waals surface area contributed by atoms with Crippen LogP contribution in [0.4, 0.5) is 0 Å². The van der Waals surface area contributed by atoms with Gasteiger partial charge in [0.15, 0.2) is 0 Å². The molecular weight excluding hydrogens is 228 g/mol. The predicted molar refractivity (Wildman–Crippen MR) is 57.5 cm³/mol. The first-order valence-corrected chi connectivity index (χ1v) is 5.48. The van der Waals surface area contributed by atoms with Gasteiger partial charge in [-0.2, -0.15) is 5.26 Å². The van der Waals surface area contributed by atoms with E-state index < -0.39 is 11.8 Å². The maximum absolute atomic E-state index is 11.1. The number of amides is 2. The fourth-order valence-electron chi connectivity index (χ4n) is 0.945. The molecule has 6 nitrogen and oxygen atoms in total. The van der Waals surface area contributed by atoms with Gasteiger partial charge in [0.1, 0.15) is 6.54 Å². The Morgan fingerprint density at radius 3 is 2.81 bits per heavy atom. The Kier molecular flexibility index (Phi) is 4.95. The molecule has 0 saturated heterocycles. The Labute approximate surface area is 96.3 Å². The van der Waals surface area contributed by atoms with Crippen molar-refractivity contribution in [2.45, 2.75) is 6.42 Å². The fourth-order valence-corrected chi connectivity index (χ4v) is 1.54. The fraction of sp³-hybridized carbons (Fsp3) is 0.333. The Morgan fingerprint density at radius 2 is 2.19 bits per heavy atom. The second-order valence-electron chi connectivity index (χ2n) is 2.83. The van der Waals surface area contributed by atoms with Crippen LogP contribution in [0.2, 0.25) is 0 Å². The molecule has 1 aromatic rings. The topological polar surface area (TPSA) is 94.9 Å². The quantitative estimate of drug-likeness (QED) is 0.543. The van der Waals surface area contributed by atoms with E-state index in [4.69, 9.17) is 5.26 Å². The van der Waals surface area contributed by atoms with Gasteiger partial charge in [0, 0.05) is 18.3 Å². The molecule has 2 N–H and O–H groups in total. The van der Waals surface area contributed by atoms with Crippen LogP contribution in [-0.4, -0.2) is 29.9 Å². The molecule has 1 heterocycles. The SMILES string of the molecule is N#CCNC(=O)C(=O)NCCc1cscn1. The Balaban J connectivity index is 2.20. The third-order valence-electron chi connectivity index (χ3n) is 1.68. The molecule has 0 fully saturated rings. The molecule has 2 amide bonds. The molecule has 16 heavy (non-hydrogen) atoms. The Morgan fingerprint density at radius 1 is 1.44 bits per heavy atom. The third-order valence-corrected chi connectivity index (χ3v) is 2.32. The lowest BCUT2D eigenvalue weighted by atomic mass is 10.3. The summed E-state index contributed by atoms with van der Waals surface area (Å²) in [5.41, 5.74) is 2.58. The number of nitriles is 1.